The van der Waals surface area contributed by atoms with Crippen molar-refractivity contribution in [2.75, 3.05) is 0 Å². The fraction of sp³-hybridized carbons (Fsp3) is 0.850. The minimum atomic E-state index is -2.01. The van der Waals surface area contributed by atoms with Crippen LogP contribution in [0.4, 0.5) is 0 Å². The number of carboxylic acid groups (broad SMARTS) is 2. The number of amides is 1. The summed E-state index contributed by atoms with van der Waals surface area (Å²) in [6.07, 6.45) is 5.89. The van der Waals surface area contributed by atoms with E-state index in [1.54, 1.807) is 20.8 Å². The second-order valence-electron chi connectivity index (χ2n) is 8.44. The van der Waals surface area contributed by atoms with Crippen LogP contribution in [0.25, 0.3) is 0 Å². The van der Waals surface area contributed by atoms with Crippen LogP contribution in [0.3, 0.4) is 0 Å². The summed E-state index contributed by atoms with van der Waals surface area (Å²) in [6.45, 7) is 8.98. The van der Waals surface area contributed by atoms with E-state index < -0.39 is 34.3 Å². The lowest BCUT2D eigenvalue weighted by molar-refractivity contribution is -0.161. The minimum Gasteiger partial charge on any atom is -0.481 e. The quantitative estimate of drug-likeness (QED) is 0.267. The van der Waals surface area contributed by atoms with Gasteiger partial charge in [0.05, 0.1) is 5.41 Å². The molecule has 1 unspecified atom stereocenters. The average Bonchev–Trinajstić information content (AvgIpc) is 2.53. The van der Waals surface area contributed by atoms with Crippen molar-refractivity contribution < 1.29 is 24.6 Å². The predicted octanol–water partition coefficient (Wildman–Crippen LogP) is 3.51. The van der Waals surface area contributed by atoms with E-state index in [0.29, 0.717) is 19.3 Å². The molecule has 0 bridgehead atoms. The van der Waals surface area contributed by atoms with Gasteiger partial charge in [-0.15, -0.1) is 0 Å². The highest BCUT2D eigenvalue weighted by atomic mass is 16.4. The first-order valence-electron chi connectivity index (χ1n) is 9.93. The summed E-state index contributed by atoms with van der Waals surface area (Å²) in [7, 11) is 0. The lowest BCUT2D eigenvalue weighted by Crippen LogP contribution is -2.64. The number of nitrogens with two attached hydrogens (primary N) is 1. The van der Waals surface area contributed by atoms with Crippen molar-refractivity contribution >= 4 is 17.8 Å². The first kappa shape index (κ1) is 25.4. The van der Waals surface area contributed by atoms with Gasteiger partial charge in [0.2, 0.25) is 5.91 Å². The van der Waals surface area contributed by atoms with Crippen LogP contribution in [0.2, 0.25) is 0 Å². The van der Waals surface area contributed by atoms with E-state index in [9.17, 15) is 24.6 Å². The Hall–Kier alpha value is -1.63. The second-order valence-corrected chi connectivity index (χ2v) is 8.44. The summed E-state index contributed by atoms with van der Waals surface area (Å²) in [4.78, 5) is 35.9. The maximum absolute atomic E-state index is 12.2. The molecule has 0 aliphatic heterocycles. The van der Waals surface area contributed by atoms with E-state index in [1.807, 2.05) is 6.92 Å². The molecule has 7 heteroatoms. The summed E-state index contributed by atoms with van der Waals surface area (Å²) >= 11 is 0. The Bertz CT molecular complexity index is 521. The van der Waals surface area contributed by atoms with Gasteiger partial charge in [0.25, 0.3) is 0 Å². The topological polar surface area (TPSA) is 130 Å². The van der Waals surface area contributed by atoms with Crippen LogP contribution in [-0.4, -0.2) is 33.7 Å². The molecule has 158 valence electrons. The first-order chi connectivity index (χ1) is 12.4. The smallest absolute Gasteiger partial charge is 0.344 e. The van der Waals surface area contributed by atoms with Crippen molar-refractivity contribution in [3.05, 3.63) is 0 Å². The SMILES string of the molecule is CCCCCCCC(=O)NC(N)(CC(C)(C)[C@@](C)(CCC)C(=O)O)C(=O)O. The van der Waals surface area contributed by atoms with Crippen LogP contribution in [0.15, 0.2) is 0 Å². The Labute approximate surface area is 163 Å². The maximum atomic E-state index is 12.2. The normalized spacial score (nSPS) is 16.2. The second kappa shape index (κ2) is 10.6. The molecule has 0 fully saturated rings. The molecule has 5 N–H and O–H groups in total. The summed E-state index contributed by atoms with van der Waals surface area (Å²) in [5.74, 6) is -2.77. The standard InChI is InChI=1S/C20H38N2O5/c1-6-8-9-10-11-12-15(23)22-20(21,17(26)27)14-18(3,4)19(5,13-7-2)16(24)25/h6-14,21H2,1-5H3,(H,22,23)(H,24,25)(H,26,27)/t19-,20?/m0/s1. The molecule has 1 amide bonds. The van der Waals surface area contributed by atoms with E-state index in [0.717, 1.165) is 25.7 Å². The van der Waals surface area contributed by atoms with E-state index in [-0.39, 0.29) is 12.8 Å². The third-order valence-electron chi connectivity index (χ3n) is 5.69. The van der Waals surface area contributed by atoms with Crippen LogP contribution in [0.1, 0.15) is 92.4 Å². The molecule has 0 rings (SSSR count). The number of nitrogens with one attached hydrogen (secondary N) is 1. The van der Waals surface area contributed by atoms with Gasteiger partial charge in [-0.2, -0.15) is 0 Å². The van der Waals surface area contributed by atoms with Crippen molar-refractivity contribution in [1.29, 1.82) is 0 Å². The zero-order valence-electron chi connectivity index (χ0n) is 17.6. The fourth-order valence-corrected chi connectivity index (χ4v) is 3.50. The summed E-state index contributed by atoms with van der Waals surface area (Å²) in [5, 5.41) is 21.8. The van der Waals surface area contributed by atoms with Gasteiger partial charge in [-0.3, -0.25) is 15.3 Å². The van der Waals surface area contributed by atoms with Gasteiger partial charge in [-0.1, -0.05) is 59.8 Å². The molecular formula is C20H38N2O5. The molecular weight excluding hydrogens is 348 g/mol. The van der Waals surface area contributed by atoms with E-state index in [1.165, 1.54) is 0 Å². The summed E-state index contributed by atoms with van der Waals surface area (Å²) < 4.78 is 0. The third kappa shape index (κ3) is 7.13. The molecule has 0 spiro atoms. The number of aliphatic carboxylic acids is 2. The molecule has 0 heterocycles. The van der Waals surface area contributed by atoms with E-state index in [4.69, 9.17) is 5.73 Å². The number of carbonyl (C=O) groups excluding carboxylic acids is 1. The Morgan fingerprint density at radius 1 is 0.889 bits per heavy atom. The van der Waals surface area contributed by atoms with Gasteiger partial charge < -0.3 is 15.5 Å². The molecule has 7 nitrogen and oxygen atoms in total. The van der Waals surface area contributed by atoms with Crippen LogP contribution < -0.4 is 11.1 Å². The number of carbonyl (C=O) groups is 3. The highest BCUT2D eigenvalue weighted by Gasteiger charge is 2.52. The Morgan fingerprint density at radius 3 is 1.89 bits per heavy atom. The number of hydrogen-bond donors (Lipinski definition) is 4. The Balaban J connectivity index is 5.20. The van der Waals surface area contributed by atoms with Gasteiger partial charge in [0, 0.05) is 12.8 Å². The number of rotatable bonds is 14. The van der Waals surface area contributed by atoms with Crippen molar-refractivity contribution in [2.45, 2.75) is 98.1 Å². The third-order valence-corrected chi connectivity index (χ3v) is 5.69. The van der Waals surface area contributed by atoms with Gasteiger partial charge in [0.15, 0.2) is 5.66 Å². The van der Waals surface area contributed by atoms with Crippen LogP contribution in [-0.2, 0) is 14.4 Å². The fourth-order valence-electron chi connectivity index (χ4n) is 3.50. The first-order valence-corrected chi connectivity index (χ1v) is 9.93. The Morgan fingerprint density at radius 2 is 1.44 bits per heavy atom. The molecule has 0 aromatic heterocycles. The van der Waals surface area contributed by atoms with Crippen molar-refractivity contribution in [2.24, 2.45) is 16.6 Å². The molecule has 0 aliphatic rings. The van der Waals surface area contributed by atoms with Crippen molar-refractivity contribution in [3.8, 4) is 0 Å². The van der Waals surface area contributed by atoms with Crippen LogP contribution in [0.5, 0.6) is 0 Å². The van der Waals surface area contributed by atoms with Gasteiger partial charge in [0.1, 0.15) is 0 Å². The van der Waals surface area contributed by atoms with Crippen LogP contribution >= 0.6 is 0 Å². The Kier molecular flexibility index (Phi) is 10.00. The van der Waals surface area contributed by atoms with Gasteiger partial charge >= 0.3 is 11.9 Å². The van der Waals surface area contributed by atoms with Crippen molar-refractivity contribution in [1.82, 2.24) is 5.32 Å². The van der Waals surface area contributed by atoms with Crippen LogP contribution in [0, 0.1) is 10.8 Å². The molecule has 0 aromatic rings. The van der Waals surface area contributed by atoms with Gasteiger partial charge in [-0.05, 0) is 25.2 Å². The molecule has 27 heavy (non-hydrogen) atoms. The zero-order chi connectivity index (χ0) is 21.3. The monoisotopic (exact) mass is 386 g/mol. The molecule has 0 aliphatic carbocycles. The predicted molar refractivity (Wildman–Crippen MR) is 105 cm³/mol. The van der Waals surface area contributed by atoms with Crippen molar-refractivity contribution in [3.63, 3.8) is 0 Å². The molecule has 2 atom stereocenters. The summed E-state index contributed by atoms with van der Waals surface area (Å²) in [5.41, 5.74) is 1.93. The highest BCUT2D eigenvalue weighted by molar-refractivity contribution is 5.86. The van der Waals surface area contributed by atoms with E-state index in [2.05, 4.69) is 12.2 Å². The number of carboxylic acids is 2. The molecule has 0 aromatic carbocycles. The zero-order valence-corrected chi connectivity index (χ0v) is 17.6. The minimum absolute atomic E-state index is 0.181. The lowest BCUT2D eigenvalue weighted by atomic mass is 9.61. The lowest BCUT2D eigenvalue weighted by Gasteiger charge is -2.44. The number of unbranched alkanes of at least 4 members (excludes halogenated alkanes) is 4. The average molecular weight is 387 g/mol. The molecule has 0 radical (unpaired) electrons. The molecule has 0 saturated carbocycles. The highest BCUT2D eigenvalue weighted by Crippen LogP contribution is 2.47. The molecule has 0 saturated heterocycles. The largest absolute Gasteiger partial charge is 0.481 e. The number of hydrogen-bond acceptors (Lipinski definition) is 4. The maximum Gasteiger partial charge on any atom is 0.344 e. The summed E-state index contributed by atoms with van der Waals surface area (Å²) in [6, 6.07) is 0. The van der Waals surface area contributed by atoms with E-state index >= 15 is 0 Å². The van der Waals surface area contributed by atoms with Gasteiger partial charge in [-0.25, -0.2) is 4.79 Å².